The molecular weight excluding hydrogens is 622 g/mol. The van der Waals surface area contributed by atoms with Gasteiger partial charge in [0.25, 0.3) is 5.91 Å². The van der Waals surface area contributed by atoms with Crippen molar-refractivity contribution in [1.82, 2.24) is 21.0 Å². The van der Waals surface area contributed by atoms with Crippen LogP contribution in [0.2, 0.25) is 0 Å². The van der Waals surface area contributed by atoms with Crippen LogP contribution < -0.4 is 75.1 Å². The number of nitrogens with zero attached hydrogens (tertiary/aromatic N) is 1. The molecule has 3 unspecified atom stereocenters. The summed E-state index contributed by atoms with van der Waals surface area (Å²) in [5.41, 5.74) is 0. The first-order valence-corrected chi connectivity index (χ1v) is 15.2. The van der Waals surface area contributed by atoms with Gasteiger partial charge in [-0.3, -0.25) is 29.7 Å². The molecule has 0 heterocycles. The van der Waals surface area contributed by atoms with Gasteiger partial charge in [0, 0.05) is 51.9 Å². The fraction of sp³-hybridized carbons (Fsp3) is 0.778. The van der Waals surface area contributed by atoms with E-state index in [0.717, 1.165) is 32.5 Å². The Balaban J connectivity index is -0.00000684. The molecule has 0 aromatic carbocycles. The van der Waals surface area contributed by atoms with E-state index in [1.54, 1.807) is 0 Å². The Morgan fingerprint density at radius 1 is 0.925 bits per heavy atom. The Labute approximate surface area is 281 Å². The number of esters is 2. The fourth-order valence-corrected chi connectivity index (χ4v) is 4.43. The summed E-state index contributed by atoms with van der Waals surface area (Å²) in [6.07, 6.45) is -2.28. The number of ether oxygens (including phenoxy) is 2. The first-order chi connectivity index (χ1) is 17.4. The summed E-state index contributed by atoms with van der Waals surface area (Å²) in [6, 6.07) is -1.34. The van der Waals surface area contributed by atoms with Crippen LogP contribution in [0.25, 0.3) is 0 Å². The van der Waals surface area contributed by atoms with Gasteiger partial charge in [0.1, 0.15) is 24.9 Å². The summed E-state index contributed by atoms with van der Waals surface area (Å²) in [4.78, 5) is 46.9. The zero-order valence-electron chi connectivity index (χ0n) is 22.9. The minimum atomic E-state index is -4.65. The van der Waals surface area contributed by atoms with Crippen LogP contribution in [0.3, 0.4) is 0 Å². The second-order valence-corrected chi connectivity index (χ2v) is 11.8. The van der Waals surface area contributed by atoms with Crippen molar-refractivity contribution in [2.45, 2.75) is 39.1 Å². The van der Waals surface area contributed by atoms with Crippen molar-refractivity contribution < 1.29 is 119 Å². The number of thioether (sulfide) groups is 1. The second kappa shape index (κ2) is 22.5. The van der Waals surface area contributed by atoms with Crippen LogP contribution in [0.15, 0.2) is 0 Å². The molecule has 0 bridgehead atoms. The van der Waals surface area contributed by atoms with Crippen molar-refractivity contribution in [3.8, 4) is 0 Å². The van der Waals surface area contributed by atoms with Gasteiger partial charge in [0.15, 0.2) is 0 Å². The van der Waals surface area contributed by atoms with Crippen LogP contribution in [-0.2, 0) is 48.9 Å². The average Bonchev–Trinajstić information content (AvgIpc) is 2.75. The summed E-state index contributed by atoms with van der Waals surface area (Å²) in [5.74, 6) is -4.80. The second-order valence-electron chi connectivity index (χ2n) is 7.71. The van der Waals surface area contributed by atoms with Gasteiger partial charge in [-0.05, 0) is 0 Å². The minimum Gasteiger partial charge on any atom is -0.748 e. The Morgan fingerprint density at radius 3 is 1.95 bits per heavy atom. The third kappa shape index (κ3) is 24.5. The molecule has 22 heteroatoms. The first-order valence-electron chi connectivity index (χ1n) is 10.9. The molecule has 0 saturated carbocycles. The molecular formula is C18H32N4Na2O13S3. The molecule has 4 N–H and O–H groups in total. The third-order valence-corrected chi connectivity index (χ3v) is 6.77. The standard InChI is InChI=1S/C18H34N4O13S3.2Na/c1-12(23)21-16(11-36-10-15(35-14(3)25)9-34-13(2)24)18(26)22(27)17(20-5-7-38(31,32)33)8-19-4-6-37(28,29)30;;/h15-17,19-20,27H,4-11H2,1-3H3,(H,21,23)(H,28,29,30)(H,31,32,33);;/q;2*+1/p-2. The molecule has 0 aliphatic carbocycles. The minimum absolute atomic E-state index is 0. The third-order valence-electron chi connectivity index (χ3n) is 4.19. The number of hydrogen-bond acceptors (Lipinski definition) is 16. The van der Waals surface area contributed by atoms with E-state index in [9.17, 15) is 50.3 Å². The van der Waals surface area contributed by atoms with Crippen molar-refractivity contribution >= 4 is 55.8 Å². The summed E-state index contributed by atoms with van der Waals surface area (Å²) in [7, 11) is -9.21. The van der Waals surface area contributed by atoms with Crippen LogP contribution in [0, 0.1) is 0 Å². The number of rotatable bonds is 19. The Hall–Kier alpha value is -0.0700. The van der Waals surface area contributed by atoms with E-state index in [0.29, 0.717) is 0 Å². The molecule has 0 aromatic heterocycles. The van der Waals surface area contributed by atoms with Gasteiger partial charge in [0.05, 0.1) is 31.7 Å². The predicted molar refractivity (Wildman–Crippen MR) is 130 cm³/mol. The van der Waals surface area contributed by atoms with Crippen molar-refractivity contribution in [1.29, 1.82) is 0 Å². The molecule has 0 radical (unpaired) electrons. The molecule has 0 aliphatic heterocycles. The molecule has 2 amide bonds. The largest absolute Gasteiger partial charge is 1.00 e. The fourth-order valence-electron chi connectivity index (χ4n) is 2.64. The van der Waals surface area contributed by atoms with Crippen molar-refractivity contribution in [2.24, 2.45) is 0 Å². The van der Waals surface area contributed by atoms with Crippen molar-refractivity contribution in [3.05, 3.63) is 0 Å². The van der Waals surface area contributed by atoms with Crippen LogP contribution in [0.1, 0.15) is 20.8 Å². The Kier molecular flexibility index (Phi) is 24.9. The van der Waals surface area contributed by atoms with E-state index in [4.69, 9.17) is 9.47 Å². The zero-order valence-corrected chi connectivity index (χ0v) is 29.4. The number of amides is 2. The van der Waals surface area contributed by atoms with Crippen molar-refractivity contribution in [3.63, 3.8) is 0 Å². The number of nitrogens with one attached hydrogen (secondary N) is 3. The smallest absolute Gasteiger partial charge is 0.748 e. The van der Waals surface area contributed by atoms with Gasteiger partial charge in [-0.15, -0.1) is 0 Å². The summed E-state index contributed by atoms with van der Waals surface area (Å²) in [5, 5.41) is 17.9. The molecule has 0 fully saturated rings. The topological polar surface area (TPSA) is 261 Å². The van der Waals surface area contributed by atoms with E-state index in [1.165, 1.54) is 0 Å². The number of hydroxylamine groups is 2. The predicted octanol–water partition coefficient (Wildman–Crippen LogP) is -9.46. The molecule has 40 heavy (non-hydrogen) atoms. The molecule has 3 atom stereocenters. The van der Waals surface area contributed by atoms with Crippen LogP contribution in [0.4, 0.5) is 0 Å². The molecule has 0 spiro atoms. The molecule has 0 rings (SSSR count). The maximum atomic E-state index is 12.9. The summed E-state index contributed by atoms with van der Waals surface area (Å²) >= 11 is 1.01. The molecule has 0 saturated heterocycles. The maximum Gasteiger partial charge on any atom is 1.00 e. The summed E-state index contributed by atoms with van der Waals surface area (Å²) < 4.78 is 74.7. The molecule has 0 aromatic rings. The number of carbonyl (C=O) groups is 4. The van der Waals surface area contributed by atoms with E-state index in [2.05, 4.69) is 16.0 Å². The van der Waals surface area contributed by atoms with Gasteiger partial charge in [-0.2, -0.15) is 11.8 Å². The average molecular weight is 655 g/mol. The van der Waals surface area contributed by atoms with Gasteiger partial charge < -0.3 is 29.2 Å². The van der Waals surface area contributed by atoms with Gasteiger partial charge in [0.2, 0.25) is 5.91 Å². The van der Waals surface area contributed by atoms with Crippen LogP contribution in [0.5, 0.6) is 0 Å². The monoisotopic (exact) mass is 654 g/mol. The van der Waals surface area contributed by atoms with Gasteiger partial charge in [-0.25, -0.2) is 21.9 Å². The zero-order chi connectivity index (χ0) is 29.5. The molecule has 17 nitrogen and oxygen atoms in total. The number of carbonyl (C=O) groups excluding carboxylic acids is 4. The van der Waals surface area contributed by atoms with E-state index in [-0.39, 0.29) is 95.4 Å². The van der Waals surface area contributed by atoms with E-state index in [1.807, 2.05) is 0 Å². The number of hydrogen-bond donors (Lipinski definition) is 4. The molecule has 0 aliphatic rings. The van der Waals surface area contributed by atoms with E-state index >= 15 is 0 Å². The van der Waals surface area contributed by atoms with Gasteiger partial charge >= 0.3 is 71.1 Å². The van der Waals surface area contributed by atoms with Crippen LogP contribution in [-0.4, -0.2) is 128 Å². The van der Waals surface area contributed by atoms with Crippen molar-refractivity contribution in [2.75, 3.05) is 49.3 Å². The van der Waals surface area contributed by atoms with Crippen LogP contribution >= 0.6 is 11.8 Å². The quantitative estimate of drug-likeness (QED) is 0.0192. The van der Waals surface area contributed by atoms with Gasteiger partial charge in [-0.1, -0.05) is 0 Å². The summed E-state index contributed by atoms with van der Waals surface area (Å²) in [6.45, 7) is 1.91. The van der Waals surface area contributed by atoms with E-state index < -0.39 is 80.4 Å². The SMILES string of the molecule is CC(=O)NC(CSCC(COC(C)=O)OC(C)=O)C(=O)N(O)C(CNCCS(=O)(=O)[O-])NCCS(=O)(=O)[O-].[Na+].[Na+]. The Morgan fingerprint density at radius 2 is 1.48 bits per heavy atom. The Bertz CT molecular complexity index is 1020. The first kappa shape index (κ1) is 44.4. The normalized spacial score (nSPS) is 13.4. The molecule has 222 valence electrons. The maximum absolute atomic E-state index is 12.9.